The topological polar surface area (TPSA) is 59.6 Å². The summed E-state index contributed by atoms with van der Waals surface area (Å²) in [6, 6.07) is 46.6. The van der Waals surface area contributed by atoms with Crippen LogP contribution in [0.5, 0.6) is 11.6 Å². The Labute approximate surface area is 327 Å². The Balaban J connectivity index is 0.00000384. The van der Waals surface area contributed by atoms with E-state index in [-0.39, 0.29) is 26.5 Å². The fourth-order valence-corrected chi connectivity index (χ4v) is 7.48. The minimum Gasteiger partial charge on any atom is -0.504 e. The molecule has 5 aromatic carbocycles. The number of hydrogen-bond donors (Lipinski definition) is 0. The number of pyridine rings is 2. The zero-order valence-electron chi connectivity index (χ0n) is 30.1. The summed E-state index contributed by atoms with van der Waals surface area (Å²) in [5.74, 6) is 1.71. The van der Waals surface area contributed by atoms with Crippen molar-refractivity contribution in [2.24, 2.45) is 0 Å². The standard InChI is InChI=1S/C46H34N5O2.Pt/c1-46(2,3)30-20-22-47-43(25-30)51-38-19-16-29(33-11-9-12-36-35-10-5-8-15-42(35)53-45(33)36)24-37(38)34-18-17-32(27-41(34)51)52-44-26-31(21-23-48-44)50-28-49(4)39-13-6-7-14-40(39)50;/h5-25,28H,1-4H3;/q-3;. The SMILES string of the molecule is CN1[CH-]N(c2[c-]c(Oc3[c-]c4c(cc3)c3cc(-c5cccc6c5oc5ccccc56)ccc3n4-c3cc(C(C)(C)C)ccn3)ncc2)c2ccccc21.[Pt]. The summed E-state index contributed by atoms with van der Waals surface area (Å²) in [6.07, 6.45) is 3.64. The van der Waals surface area contributed by atoms with Crippen molar-refractivity contribution in [3.8, 4) is 28.6 Å². The van der Waals surface area contributed by atoms with Crippen molar-refractivity contribution in [2.45, 2.75) is 26.2 Å². The first-order valence-corrected chi connectivity index (χ1v) is 17.7. The number of aromatic nitrogens is 3. The summed E-state index contributed by atoms with van der Waals surface area (Å²) < 4.78 is 15.0. The van der Waals surface area contributed by atoms with Crippen LogP contribution in [-0.2, 0) is 26.5 Å². The van der Waals surface area contributed by atoms with Gasteiger partial charge in [0.1, 0.15) is 22.9 Å². The van der Waals surface area contributed by atoms with Crippen LogP contribution in [0.4, 0.5) is 17.1 Å². The van der Waals surface area contributed by atoms with Crippen molar-refractivity contribution in [3.63, 3.8) is 0 Å². The molecule has 0 N–H and O–H groups in total. The number of ether oxygens (including phenoxy) is 1. The molecule has 8 heteroatoms. The van der Waals surface area contributed by atoms with Gasteiger partial charge in [-0.2, -0.15) is 30.6 Å². The van der Waals surface area contributed by atoms with E-state index in [1.54, 1.807) is 6.20 Å². The van der Waals surface area contributed by atoms with E-state index in [2.05, 4.69) is 131 Å². The van der Waals surface area contributed by atoms with Crippen LogP contribution in [0.1, 0.15) is 26.3 Å². The molecule has 54 heavy (non-hydrogen) atoms. The number of nitrogens with zero attached hydrogens (tertiary/aromatic N) is 5. The Bertz CT molecular complexity index is 2890. The molecule has 268 valence electrons. The van der Waals surface area contributed by atoms with Gasteiger partial charge in [0.25, 0.3) is 0 Å². The maximum absolute atomic E-state index is 6.44. The first kappa shape index (κ1) is 33.9. The van der Waals surface area contributed by atoms with E-state index >= 15 is 0 Å². The van der Waals surface area contributed by atoms with E-state index in [0.717, 1.165) is 77.8 Å². The molecule has 10 rings (SSSR count). The Kier molecular flexibility index (Phi) is 8.09. The van der Waals surface area contributed by atoms with Crippen molar-refractivity contribution in [1.82, 2.24) is 14.5 Å². The van der Waals surface area contributed by atoms with E-state index in [9.17, 15) is 0 Å². The number of fused-ring (bicyclic) bond motifs is 7. The predicted octanol–water partition coefficient (Wildman–Crippen LogP) is 11.5. The molecule has 5 heterocycles. The van der Waals surface area contributed by atoms with Crippen LogP contribution < -0.4 is 14.5 Å². The van der Waals surface area contributed by atoms with Crippen molar-refractivity contribution < 1.29 is 30.2 Å². The maximum atomic E-state index is 6.44. The second-order valence-corrected chi connectivity index (χ2v) is 14.5. The molecule has 0 saturated heterocycles. The zero-order chi connectivity index (χ0) is 35.8. The number of benzene rings is 5. The van der Waals surface area contributed by atoms with Gasteiger partial charge in [0.05, 0.1) is 0 Å². The fraction of sp³-hybridized carbons (Fsp3) is 0.109. The Hall–Kier alpha value is -5.91. The third-order valence-electron chi connectivity index (χ3n) is 10.1. The number of hydrogen-bond acceptors (Lipinski definition) is 6. The molecule has 0 saturated carbocycles. The number of furan rings is 1. The molecule has 9 aromatic rings. The quantitative estimate of drug-likeness (QED) is 0.161. The van der Waals surface area contributed by atoms with Gasteiger partial charge in [0.2, 0.25) is 0 Å². The van der Waals surface area contributed by atoms with Crippen LogP contribution in [0.15, 0.2) is 132 Å². The van der Waals surface area contributed by atoms with E-state index in [1.807, 2.05) is 56.3 Å². The fourth-order valence-electron chi connectivity index (χ4n) is 7.48. The molecule has 0 atom stereocenters. The van der Waals surface area contributed by atoms with E-state index in [1.165, 1.54) is 5.56 Å². The van der Waals surface area contributed by atoms with Crippen molar-refractivity contribution in [2.75, 3.05) is 16.8 Å². The summed E-state index contributed by atoms with van der Waals surface area (Å²) >= 11 is 0. The predicted molar refractivity (Wildman–Crippen MR) is 213 cm³/mol. The van der Waals surface area contributed by atoms with Gasteiger partial charge in [-0.3, -0.25) is 4.98 Å². The van der Waals surface area contributed by atoms with Crippen LogP contribution in [0.25, 0.3) is 60.7 Å². The molecule has 0 spiro atoms. The Morgan fingerprint density at radius 2 is 1.52 bits per heavy atom. The van der Waals surface area contributed by atoms with Gasteiger partial charge >= 0.3 is 0 Å². The molecule has 0 aliphatic carbocycles. The summed E-state index contributed by atoms with van der Waals surface area (Å²) in [5.41, 5.74) is 9.91. The van der Waals surface area contributed by atoms with E-state index in [0.29, 0.717) is 11.6 Å². The molecule has 0 amide bonds. The second-order valence-electron chi connectivity index (χ2n) is 14.5. The van der Waals surface area contributed by atoms with Gasteiger partial charge in [0, 0.05) is 66.2 Å². The number of rotatable bonds is 5. The first-order valence-electron chi connectivity index (χ1n) is 17.7. The molecular formula is C46H34N5O2Pt-3. The molecule has 0 bridgehead atoms. The molecule has 0 fully saturated rings. The number of anilines is 3. The second kappa shape index (κ2) is 12.9. The maximum Gasteiger partial charge on any atom is 0.143 e. The molecular weight excluding hydrogens is 850 g/mol. The van der Waals surface area contributed by atoms with Crippen LogP contribution in [0.3, 0.4) is 0 Å². The summed E-state index contributed by atoms with van der Waals surface area (Å²) in [4.78, 5) is 13.6. The smallest absolute Gasteiger partial charge is 0.143 e. The van der Waals surface area contributed by atoms with Crippen LogP contribution in [0.2, 0.25) is 0 Å². The van der Waals surface area contributed by atoms with Gasteiger partial charge < -0.3 is 23.5 Å². The third kappa shape index (κ3) is 5.54. The molecule has 7 nitrogen and oxygen atoms in total. The van der Waals surface area contributed by atoms with E-state index in [4.69, 9.17) is 14.1 Å². The van der Waals surface area contributed by atoms with Crippen molar-refractivity contribution in [3.05, 3.63) is 152 Å². The van der Waals surface area contributed by atoms with Gasteiger partial charge in [-0.25, -0.2) is 4.98 Å². The molecule has 0 unspecified atom stereocenters. The minimum atomic E-state index is -0.0541. The normalized spacial score (nSPS) is 12.9. The summed E-state index contributed by atoms with van der Waals surface area (Å²) in [7, 11) is 2.04. The van der Waals surface area contributed by atoms with Crippen LogP contribution >= 0.6 is 0 Å². The molecule has 1 aliphatic heterocycles. The van der Waals surface area contributed by atoms with Crippen LogP contribution in [-0.4, -0.2) is 21.6 Å². The summed E-state index contributed by atoms with van der Waals surface area (Å²) in [5, 5.41) is 4.33. The minimum absolute atomic E-state index is 0. The van der Waals surface area contributed by atoms with Gasteiger partial charge in [0.15, 0.2) is 0 Å². The Morgan fingerprint density at radius 3 is 2.39 bits per heavy atom. The van der Waals surface area contributed by atoms with Gasteiger partial charge in [-0.05, 0) is 71.6 Å². The van der Waals surface area contributed by atoms with Gasteiger partial charge in [-0.15, -0.1) is 17.5 Å². The molecule has 4 aromatic heterocycles. The third-order valence-corrected chi connectivity index (χ3v) is 10.1. The summed E-state index contributed by atoms with van der Waals surface area (Å²) in [6.45, 7) is 8.69. The van der Waals surface area contributed by atoms with Crippen molar-refractivity contribution >= 4 is 60.8 Å². The van der Waals surface area contributed by atoms with E-state index < -0.39 is 0 Å². The number of para-hydroxylation sites is 4. The zero-order valence-corrected chi connectivity index (χ0v) is 32.3. The monoisotopic (exact) mass is 883 g/mol. The largest absolute Gasteiger partial charge is 0.504 e. The van der Waals surface area contributed by atoms with Crippen molar-refractivity contribution in [1.29, 1.82) is 0 Å². The Morgan fingerprint density at radius 1 is 0.722 bits per heavy atom. The van der Waals surface area contributed by atoms with Crippen LogP contribution in [0, 0.1) is 18.8 Å². The average molecular weight is 884 g/mol. The van der Waals surface area contributed by atoms with Gasteiger partial charge in [-0.1, -0.05) is 87.0 Å². The molecule has 0 radical (unpaired) electrons. The average Bonchev–Trinajstić information content (AvgIpc) is 3.83. The first-order chi connectivity index (χ1) is 25.8. The molecule has 1 aliphatic rings.